The Kier molecular flexibility index (Phi) is 4.63. The Morgan fingerprint density at radius 3 is 2.76 bits per heavy atom. The molecule has 1 rings (SSSR count). The highest BCUT2D eigenvalue weighted by Crippen LogP contribution is 2.28. The molecule has 0 radical (unpaired) electrons. The largest absolute Gasteiger partial charge is 0.383 e. The first-order chi connectivity index (χ1) is 8.19. The van der Waals surface area contributed by atoms with Crippen molar-refractivity contribution in [3.05, 3.63) is 29.3 Å². The lowest BCUT2D eigenvalue weighted by molar-refractivity contribution is 1.03. The summed E-state index contributed by atoms with van der Waals surface area (Å²) in [5.74, 6) is 3.50. The number of aromatic nitrogens is 1. The number of terminal acetylenes is 1. The normalized spacial score (nSPS) is 9.35. The van der Waals surface area contributed by atoms with Gasteiger partial charge in [0.1, 0.15) is 16.9 Å². The van der Waals surface area contributed by atoms with E-state index in [0.717, 1.165) is 5.56 Å². The van der Waals surface area contributed by atoms with Gasteiger partial charge in [-0.3, -0.25) is 0 Å². The average Bonchev–Trinajstić information content (AvgIpc) is 2.35. The van der Waals surface area contributed by atoms with Crippen LogP contribution in [0, 0.1) is 23.7 Å². The molecule has 0 fully saturated rings. The van der Waals surface area contributed by atoms with Gasteiger partial charge in [0.25, 0.3) is 0 Å². The summed E-state index contributed by atoms with van der Waals surface area (Å²) in [6, 6.07) is 2.16. The molecule has 2 N–H and O–H groups in total. The molecule has 1 aromatic rings. The average molecular weight is 243 g/mol. The summed E-state index contributed by atoms with van der Waals surface area (Å²) in [5, 5.41) is 9.83. The topological polar surface area (TPSA) is 62.7 Å². The molecule has 86 valence electrons. The van der Waals surface area contributed by atoms with Gasteiger partial charge in [0.2, 0.25) is 0 Å². The van der Waals surface area contributed by atoms with Crippen LogP contribution in [0.15, 0.2) is 17.7 Å². The van der Waals surface area contributed by atoms with Crippen molar-refractivity contribution in [3.8, 4) is 18.4 Å². The fourth-order valence-corrected chi connectivity index (χ4v) is 2.25. The minimum Gasteiger partial charge on any atom is -0.383 e. The molecule has 0 aromatic carbocycles. The molecular weight excluding hydrogens is 230 g/mol. The summed E-state index contributed by atoms with van der Waals surface area (Å²) < 4.78 is 0. The van der Waals surface area contributed by atoms with Crippen molar-refractivity contribution in [2.24, 2.45) is 0 Å². The van der Waals surface area contributed by atoms with Crippen LogP contribution in [0.4, 0.5) is 5.82 Å². The van der Waals surface area contributed by atoms with E-state index in [-0.39, 0.29) is 0 Å². The van der Waals surface area contributed by atoms with Crippen molar-refractivity contribution in [1.29, 1.82) is 5.26 Å². The highest BCUT2D eigenvalue weighted by Gasteiger charge is 2.15. The van der Waals surface area contributed by atoms with Gasteiger partial charge in [0, 0.05) is 5.75 Å². The van der Waals surface area contributed by atoms with E-state index >= 15 is 0 Å². The number of nitrogens with zero attached hydrogens (tertiary/aromatic N) is 2. The first-order valence-corrected chi connectivity index (χ1v) is 6.10. The van der Waals surface area contributed by atoms with Gasteiger partial charge in [-0.2, -0.15) is 5.26 Å². The number of thioether (sulfide) groups is 1. The smallest absolute Gasteiger partial charge is 0.140 e. The molecule has 0 spiro atoms. The van der Waals surface area contributed by atoms with E-state index in [1.807, 2.05) is 6.92 Å². The molecular formula is C13H13N3S. The second-order valence-corrected chi connectivity index (χ2v) is 4.25. The SMILES string of the molecule is C#Cc1c(N)nc(SCC=C)c(C#N)c1CC. The van der Waals surface area contributed by atoms with Crippen LogP contribution in [0.2, 0.25) is 0 Å². The molecule has 0 saturated heterocycles. The van der Waals surface area contributed by atoms with E-state index in [1.54, 1.807) is 6.08 Å². The third kappa shape index (κ3) is 2.61. The minimum atomic E-state index is 0.315. The number of nitriles is 1. The van der Waals surface area contributed by atoms with Crippen LogP contribution in [-0.2, 0) is 6.42 Å². The maximum atomic E-state index is 9.20. The third-order valence-electron chi connectivity index (χ3n) is 2.24. The number of hydrogen-bond donors (Lipinski definition) is 1. The Bertz CT molecular complexity index is 521. The maximum absolute atomic E-state index is 9.20. The predicted octanol–water partition coefficient (Wildman–Crippen LogP) is 2.36. The highest BCUT2D eigenvalue weighted by molar-refractivity contribution is 7.99. The molecule has 0 unspecified atom stereocenters. The quantitative estimate of drug-likeness (QED) is 0.501. The summed E-state index contributed by atoms with van der Waals surface area (Å²) in [5.41, 5.74) is 7.66. The Morgan fingerprint density at radius 2 is 2.29 bits per heavy atom. The second kappa shape index (κ2) is 5.98. The predicted molar refractivity (Wildman–Crippen MR) is 71.6 cm³/mol. The van der Waals surface area contributed by atoms with E-state index in [9.17, 15) is 5.26 Å². The van der Waals surface area contributed by atoms with E-state index in [0.29, 0.717) is 34.1 Å². The van der Waals surface area contributed by atoms with Gasteiger partial charge in [-0.05, 0) is 12.0 Å². The molecule has 0 amide bonds. The number of nitrogens with two attached hydrogens (primary N) is 1. The maximum Gasteiger partial charge on any atom is 0.140 e. The second-order valence-electron chi connectivity index (χ2n) is 3.24. The molecule has 0 aliphatic rings. The lowest BCUT2D eigenvalue weighted by atomic mass is 10.0. The summed E-state index contributed by atoms with van der Waals surface area (Å²) >= 11 is 1.43. The lowest BCUT2D eigenvalue weighted by Gasteiger charge is -2.11. The van der Waals surface area contributed by atoms with Gasteiger partial charge in [-0.15, -0.1) is 24.8 Å². The van der Waals surface area contributed by atoms with Crippen molar-refractivity contribution in [2.45, 2.75) is 18.4 Å². The van der Waals surface area contributed by atoms with Gasteiger partial charge in [-0.25, -0.2) is 4.98 Å². The van der Waals surface area contributed by atoms with Crippen molar-refractivity contribution >= 4 is 17.6 Å². The molecule has 0 atom stereocenters. The van der Waals surface area contributed by atoms with Crippen molar-refractivity contribution < 1.29 is 0 Å². The highest BCUT2D eigenvalue weighted by atomic mass is 32.2. The van der Waals surface area contributed by atoms with Crippen LogP contribution in [0.1, 0.15) is 23.6 Å². The van der Waals surface area contributed by atoms with Crippen LogP contribution < -0.4 is 5.73 Å². The van der Waals surface area contributed by atoms with E-state index in [2.05, 4.69) is 23.6 Å². The lowest BCUT2D eigenvalue weighted by Crippen LogP contribution is -2.05. The fraction of sp³-hybridized carbons (Fsp3) is 0.231. The summed E-state index contributed by atoms with van der Waals surface area (Å²) in [6.07, 6.45) is 7.82. The Labute approximate surface area is 106 Å². The fourth-order valence-electron chi connectivity index (χ4n) is 1.50. The van der Waals surface area contributed by atoms with Crippen LogP contribution in [0.5, 0.6) is 0 Å². The summed E-state index contributed by atoms with van der Waals surface area (Å²) in [7, 11) is 0. The first kappa shape index (κ1) is 13.2. The molecule has 1 heterocycles. The molecule has 4 heteroatoms. The summed E-state index contributed by atoms with van der Waals surface area (Å²) in [6.45, 7) is 5.58. The molecule has 0 aliphatic heterocycles. The van der Waals surface area contributed by atoms with E-state index < -0.39 is 0 Å². The van der Waals surface area contributed by atoms with Crippen LogP contribution in [0.3, 0.4) is 0 Å². The Balaban J connectivity index is 3.44. The van der Waals surface area contributed by atoms with Gasteiger partial charge in [0.15, 0.2) is 0 Å². The van der Waals surface area contributed by atoms with Crippen LogP contribution in [0.25, 0.3) is 0 Å². The monoisotopic (exact) mass is 243 g/mol. The third-order valence-corrected chi connectivity index (χ3v) is 3.21. The van der Waals surface area contributed by atoms with E-state index in [4.69, 9.17) is 12.2 Å². The number of anilines is 1. The van der Waals surface area contributed by atoms with Crippen LogP contribution in [-0.4, -0.2) is 10.7 Å². The molecule has 0 saturated carbocycles. The molecule has 3 nitrogen and oxygen atoms in total. The van der Waals surface area contributed by atoms with Crippen LogP contribution >= 0.6 is 11.8 Å². The van der Waals surface area contributed by atoms with Gasteiger partial charge >= 0.3 is 0 Å². The first-order valence-electron chi connectivity index (χ1n) is 5.12. The minimum absolute atomic E-state index is 0.315. The van der Waals surface area contributed by atoms with E-state index in [1.165, 1.54) is 11.8 Å². The molecule has 0 aliphatic carbocycles. The standard InChI is InChI=1S/C13H13N3S/c1-4-7-17-13-11(8-14)9(5-2)10(6-3)12(15)16-13/h3-4H,1,5,7H2,2H3,(H2,15,16). The zero-order valence-electron chi connectivity index (χ0n) is 9.66. The molecule has 17 heavy (non-hydrogen) atoms. The van der Waals surface area contributed by atoms with Gasteiger partial charge in [-0.1, -0.05) is 18.9 Å². The number of pyridine rings is 1. The Hall–Kier alpha value is -1.91. The van der Waals surface area contributed by atoms with Crippen molar-refractivity contribution in [1.82, 2.24) is 4.98 Å². The number of rotatable bonds is 4. The van der Waals surface area contributed by atoms with Gasteiger partial charge in [0.05, 0.1) is 11.1 Å². The zero-order chi connectivity index (χ0) is 12.8. The van der Waals surface area contributed by atoms with Crippen molar-refractivity contribution in [2.75, 3.05) is 11.5 Å². The molecule has 0 bridgehead atoms. The van der Waals surface area contributed by atoms with Crippen molar-refractivity contribution in [3.63, 3.8) is 0 Å². The molecule has 1 aromatic heterocycles. The van der Waals surface area contributed by atoms with Gasteiger partial charge < -0.3 is 5.73 Å². The zero-order valence-corrected chi connectivity index (χ0v) is 10.5. The number of nitrogen functional groups attached to an aromatic ring is 1. The number of hydrogen-bond acceptors (Lipinski definition) is 4. The Morgan fingerprint density at radius 1 is 1.59 bits per heavy atom. The summed E-state index contributed by atoms with van der Waals surface area (Å²) in [4.78, 5) is 4.19.